The molecule has 0 spiro atoms. The number of benzene rings is 1. The van der Waals surface area contributed by atoms with E-state index in [0.717, 1.165) is 11.8 Å². The Balaban J connectivity index is 2.44. The summed E-state index contributed by atoms with van der Waals surface area (Å²) in [5.74, 6) is -0.298. The number of para-hydroxylation sites is 1. The normalized spacial score (nSPS) is 13.6. The number of rotatable bonds is 3. The largest absolute Gasteiger partial charge is 0.461 e. The second-order valence-corrected chi connectivity index (χ2v) is 4.35. The van der Waals surface area contributed by atoms with Crippen LogP contribution in [0, 0.1) is 5.82 Å². The van der Waals surface area contributed by atoms with Crippen molar-refractivity contribution in [3.8, 4) is 0 Å². The summed E-state index contributed by atoms with van der Waals surface area (Å²) in [5, 5.41) is 3.93. The summed E-state index contributed by atoms with van der Waals surface area (Å²) in [5.41, 5.74) is 1.63. The molecule has 16 heavy (non-hydrogen) atoms. The van der Waals surface area contributed by atoms with Gasteiger partial charge in [-0.2, -0.15) is 0 Å². The first-order valence-corrected chi connectivity index (χ1v) is 5.51. The first kappa shape index (κ1) is 11.1. The van der Waals surface area contributed by atoms with Crippen LogP contribution in [0.25, 0.3) is 11.0 Å². The fourth-order valence-electron chi connectivity index (χ4n) is 1.98. The van der Waals surface area contributed by atoms with Crippen molar-refractivity contribution in [2.75, 3.05) is 0 Å². The summed E-state index contributed by atoms with van der Waals surface area (Å²) in [7, 11) is 0. The first-order valence-electron chi connectivity index (χ1n) is 5.51. The highest BCUT2D eigenvalue weighted by molar-refractivity contribution is 5.81. The minimum Gasteiger partial charge on any atom is -0.461 e. The Bertz CT molecular complexity index is 490. The van der Waals surface area contributed by atoms with E-state index in [1.807, 2.05) is 12.1 Å². The smallest absolute Gasteiger partial charge is 0.169 e. The number of halogens is 1. The van der Waals surface area contributed by atoms with E-state index in [2.05, 4.69) is 26.1 Å². The van der Waals surface area contributed by atoms with Crippen LogP contribution in [0.2, 0.25) is 0 Å². The third kappa shape index (κ3) is 1.95. The number of hydrogen-bond acceptors (Lipinski definition) is 2. The maximum absolute atomic E-state index is 13.3. The zero-order valence-electron chi connectivity index (χ0n) is 9.75. The molecule has 1 aromatic heterocycles. The maximum atomic E-state index is 13.3. The highest BCUT2D eigenvalue weighted by atomic mass is 19.1. The number of furan rings is 1. The molecule has 86 valence electrons. The highest BCUT2D eigenvalue weighted by Crippen LogP contribution is 2.27. The molecular weight excluding hydrogens is 205 g/mol. The molecule has 0 aliphatic carbocycles. The molecule has 0 bridgehead atoms. The van der Waals surface area contributed by atoms with E-state index in [9.17, 15) is 4.39 Å². The summed E-state index contributed by atoms with van der Waals surface area (Å²) >= 11 is 0. The Morgan fingerprint density at radius 2 is 2.00 bits per heavy atom. The molecule has 0 unspecified atom stereocenters. The molecule has 1 N–H and O–H groups in total. The molecule has 2 nitrogen and oxygen atoms in total. The molecule has 0 saturated heterocycles. The molecule has 0 saturated carbocycles. The van der Waals surface area contributed by atoms with Crippen LogP contribution in [0.3, 0.4) is 0 Å². The average Bonchev–Trinajstić information content (AvgIpc) is 2.59. The van der Waals surface area contributed by atoms with E-state index in [-0.39, 0.29) is 11.9 Å². The Morgan fingerprint density at radius 3 is 2.69 bits per heavy atom. The zero-order chi connectivity index (χ0) is 11.7. The van der Waals surface area contributed by atoms with Crippen molar-refractivity contribution in [3.05, 3.63) is 35.8 Å². The molecule has 1 heterocycles. The molecule has 2 rings (SSSR count). The fraction of sp³-hybridized carbons (Fsp3) is 0.385. The van der Waals surface area contributed by atoms with Gasteiger partial charge in [-0.1, -0.05) is 26.0 Å². The van der Waals surface area contributed by atoms with Crippen LogP contribution in [0.5, 0.6) is 0 Å². The summed E-state index contributed by atoms with van der Waals surface area (Å²) < 4.78 is 18.6. The van der Waals surface area contributed by atoms with Gasteiger partial charge < -0.3 is 9.73 Å². The van der Waals surface area contributed by atoms with Crippen LogP contribution >= 0.6 is 0 Å². The third-order valence-electron chi connectivity index (χ3n) is 2.63. The van der Waals surface area contributed by atoms with Gasteiger partial charge in [0.05, 0.1) is 5.39 Å². The van der Waals surface area contributed by atoms with Crippen LogP contribution in [-0.2, 0) is 0 Å². The molecule has 0 amide bonds. The molecule has 1 aromatic carbocycles. The van der Waals surface area contributed by atoms with Crippen LogP contribution in [0.4, 0.5) is 4.39 Å². The van der Waals surface area contributed by atoms with Gasteiger partial charge in [0.15, 0.2) is 5.82 Å². The van der Waals surface area contributed by atoms with E-state index in [1.54, 1.807) is 6.07 Å². The molecule has 0 aliphatic heterocycles. The second kappa shape index (κ2) is 4.26. The van der Waals surface area contributed by atoms with Crippen LogP contribution in [0.15, 0.2) is 28.9 Å². The van der Waals surface area contributed by atoms with Crippen molar-refractivity contribution >= 4 is 11.0 Å². The molecule has 0 fully saturated rings. The second-order valence-electron chi connectivity index (χ2n) is 4.35. The fourth-order valence-corrected chi connectivity index (χ4v) is 1.98. The summed E-state index contributed by atoms with van der Waals surface area (Å²) in [6.45, 7) is 6.22. The van der Waals surface area contributed by atoms with Crippen molar-refractivity contribution in [3.63, 3.8) is 0 Å². The monoisotopic (exact) mass is 221 g/mol. The number of hydrogen-bond donors (Lipinski definition) is 1. The van der Waals surface area contributed by atoms with Gasteiger partial charge in [-0.3, -0.25) is 0 Å². The Kier molecular flexibility index (Phi) is 2.97. The minimum absolute atomic E-state index is 0.147. The van der Waals surface area contributed by atoms with Crippen LogP contribution in [0.1, 0.15) is 32.4 Å². The van der Waals surface area contributed by atoms with E-state index in [4.69, 9.17) is 4.42 Å². The van der Waals surface area contributed by atoms with Crippen molar-refractivity contribution in [2.24, 2.45) is 0 Å². The summed E-state index contributed by atoms with van der Waals surface area (Å²) in [6, 6.07) is 6.08. The van der Waals surface area contributed by atoms with Gasteiger partial charge in [0, 0.05) is 17.6 Å². The molecule has 2 aromatic rings. The SMILES string of the molecule is CC(C)N[C@H](C)c1cccc2c(F)coc12. The summed E-state index contributed by atoms with van der Waals surface area (Å²) in [4.78, 5) is 0. The predicted octanol–water partition coefficient (Wildman–Crippen LogP) is 3.63. The van der Waals surface area contributed by atoms with E-state index >= 15 is 0 Å². The van der Waals surface area contributed by atoms with E-state index in [0.29, 0.717) is 17.0 Å². The van der Waals surface area contributed by atoms with Crippen LogP contribution in [-0.4, -0.2) is 6.04 Å². The van der Waals surface area contributed by atoms with Crippen molar-refractivity contribution in [1.29, 1.82) is 0 Å². The van der Waals surface area contributed by atoms with Gasteiger partial charge >= 0.3 is 0 Å². The van der Waals surface area contributed by atoms with Gasteiger partial charge in [-0.25, -0.2) is 4.39 Å². The molecule has 1 atom stereocenters. The molecule has 0 radical (unpaired) electrons. The number of fused-ring (bicyclic) bond motifs is 1. The standard InChI is InChI=1S/C13H16FNO/c1-8(2)15-9(3)10-5-4-6-11-12(14)7-16-13(10)11/h4-9,15H,1-3H3/t9-/m1/s1. The Labute approximate surface area is 94.4 Å². The Hall–Kier alpha value is -1.35. The van der Waals surface area contributed by atoms with Crippen molar-refractivity contribution < 1.29 is 8.81 Å². The number of nitrogens with one attached hydrogen (secondary N) is 1. The van der Waals surface area contributed by atoms with Gasteiger partial charge in [0.2, 0.25) is 0 Å². The summed E-state index contributed by atoms with van der Waals surface area (Å²) in [6.07, 6.45) is 1.16. The lowest BCUT2D eigenvalue weighted by Gasteiger charge is -2.17. The van der Waals surface area contributed by atoms with Crippen molar-refractivity contribution in [1.82, 2.24) is 5.32 Å². The van der Waals surface area contributed by atoms with E-state index in [1.165, 1.54) is 0 Å². The third-order valence-corrected chi connectivity index (χ3v) is 2.63. The molecular formula is C13H16FNO. The lowest BCUT2D eigenvalue weighted by atomic mass is 10.1. The van der Waals surface area contributed by atoms with Gasteiger partial charge in [-0.15, -0.1) is 0 Å². The first-order chi connectivity index (χ1) is 7.59. The predicted molar refractivity (Wildman–Crippen MR) is 62.9 cm³/mol. The highest BCUT2D eigenvalue weighted by Gasteiger charge is 2.14. The maximum Gasteiger partial charge on any atom is 0.169 e. The Morgan fingerprint density at radius 1 is 1.25 bits per heavy atom. The molecule has 0 aliphatic rings. The van der Waals surface area contributed by atoms with E-state index < -0.39 is 0 Å². The lowest BCUT2D eigenvalue weighted by molar-refractivity contribution is 0.499. The van der Waals surface area contributed by atoms with Crippen molar-refractivity contribution in [2.45, 2.75) is 32.9 Å². The zero-order valence-corrected chi connectivity index (χ0v) is 9.75. The minimum atomic E-state index is -0.298. The topological polar surface area (TPSA) is 25.2 Å². The lowest BCUT2D eigenvalue weighted by Crippen LogP contribution is -2.26. The molecule has 3 heteroatoms. The average molecular weight is 221 g/mol. The van der Waals surface area contributed by atoms with Gasteiger partial charge in [-0.05, 0) is 13.0 Å². The van der Waals surface area contributed by atoms with Gasteiger partial charge in [0.25, 0.3) is 0 Å². The van der Waals surface area contributed by atoms with Crippen LogP contribution < -0.4 is 5.32 Å². The van der Waals surface area contributed by atoms with Gasteiger partial charge in [0.1, 0.15) is 11.8 Å². The quantitative estimate of drug-likeness (QED) is 0.856.